The molecule has 0 aromatic heterocycles. The van der Waals surface area contributed by atoms with Gasteiger partial charge >= 0.3 is 0 Å². The van der Waals surface area contributed by atoms with Crippen molar-refractivity contribution in [2.75, 3.05) is 11.9 Å². The minimum absolute atomic E-state index is 0.229. The first-order valence-electron chi connectivity index (χ1n) is 5.62. The van der Waals surface area contributed by atoms with E-state index >= 15 is 0 Å². The van der Waals surface area contributed by atoms with Crippen molar-refractivity contribution in [3.63, 3.8) is 0 Å². The summed E-state index contributed by atoms with van der Waals surface area (Å²) in [5, 5.41) is 3.43. The van der Waals surface area contributed by atoms with Gasteiger partial charge in [-0.15, -0.1) is 0 Å². The number of nitrogens with two attached hydrogens (primary N) is 1. The number of nitrogens with one attached hydrogen (secondary N) is 1. The molecule has 0 spiro atoms. The van der Waals surface area contributed by atoms with Crippen LogP contribution in [0.2, 0.25) is 0 Å². The van der Waals surface area contributed by atoms with Crippen molar-refractivity contribution in [1.82, 2.24) is 0 Å². The van der Waals surface area contributed by atoms with Crippen LogP contribution in [0.25, 0.3) is 0 Å². The van der Waals surface area contributed by atoms with E-state index in [0.29, 0.717) is 16.4 Å². The predicted octanol–water partition coefficient (Wildman–Crippen LogP) is 3.13. The third kappa shape index (κ3) is 2.55. The molecule has 2 nitrogen and oxygen atoms in total. The summed E-state index contributed by atoms with van der Waals surface area (Å²) in [6.45, 7) is 0.722. The lowest BCUT2D eigenvalue weighted by atomic mass is 10.0. The lowest BCUT2D eigenvalue weighted by Gasteiger charge is -2.20. The Bertz CT molecular complexity index is 370. The molecule has 88 valence electrons. The molecule has 1 aromatic rings. The molecular weight excluding hydrogens is 271 g/mol. The Morgan fingerprint density at radius 3 is 2.94 bits per heavy atom. The second-order valence-electron chi connectivity index (χ2n) is 4.31. The molecule has 0 amide bonds. The summed E-state index contributed by atoms with van der Waals surface area (Å²) in [5.74, 6) is 0.316. The largest absolute Gasteiger partial charge is 0.382 e. The van der Waals surface area contributed by atoms with Gasteiger partial charge in [-0.25, -0.2) is 4.39 Å². The quantitative estimate of drug-likeness (QED) is 0.896. The highest BCUT2D eigenvalue weighted by atomic mass is 79.9. The monoisotopic (exact) mass is 286 g/mol. The average molecular weight is 287 g/mol. The van der Waals surface area contributed by atoms with E-state index in [1.54, 1.807) is 12.1 Å². The molecule has 0 radical (unpaired) electrons. The zero-order valence-electron chi connectivity index (χ0n) is 9.05. The molecule has 1 saturated carbocycles. The van der Waals surface area contributed by atoms with E-state index in [-0.39, 0.29) is 5.82 Å². The van der Waals surface area contributed by atoms with Crippen LogP contribution >= 0.6 is 15.9 Å². The molecule has 0 saturated heterocycles. The van der Waals surface area contributed by atoms with E-state index in [2.05, 4.69) is 21.2 Å². The van der Waals surface area contributed by atoms with Crippen LogP contribution in [0.5, 0.6) is 0 Å². The molecule has 16 heavy (non-hydrogen) atoms. The molecule has 2 unspecified atom stereocenters. The van der Waals surface area contributed by atoms with Crippen molar-refractivity contribution in [2.45, 2.75) is 25.3 Å². The van der Waals surface area contributed by atoms with Crippen LogP contribution in [0, 0.1) is 11.7 Å². The van der Waals surface area contributed by atoms with Crippen molar-refractivity contribution in [1.29, 1.82) is 0 Å². The lowest BCUT2D eigenvalue weighted by molar-refractivity contribution is 0.516. The van der Waals surface area contributed by atoms with E-state index in [9.17, 15) is 4.39 Å². The average Bonchev–Trinajstić information content (AvgIpc) is 2.71. The number of hydrogen-bond donors (Lipinski definition) is 2. The summed E-state index contributed by atoms with van der Waals surface area (Å²) in [7, 11) is 0. The molecule has 2 atom stereocenters. The minimum atomic E-state index is -0.229. The van der Waals surface area contributed by atoms with Gasteiger partial charge in [0.2, 0.25) is 0 Å². The van der Waals surface area contributed by atoms with Crippen LogP contribution in [-0.4, -0.2) is 12.6 Å². The fourth-order valence-corrected chi connectivity index (χ4v) is 2.69. The van der Waals surface area contributed by atoms with Gasteiger partial charge in [0.05, 0.1) is 4.47 Å². The van der Waals surface area contributed by atoms with Crippen LogP contribution < -0.4 is 11.1 Å². The third-order valence-corrected chi connectivity index (χ3v) is 3.84. The summed E-state index contributed by atoms with van der Waals surface area (Å²) >= 11 is 3.19. The van der Waals surface area contributed by atoms with Crippen LogP contribution in [0.4, 0.5) is 10.1 Å². The number of benzene rings is 1. The van der Waals surface area contributed by atoms with Crippen LogP contribution in [-0.2, 0) is 0 Å². The molecule has 1 aliphatic rings. The van der Waals surface area contributed by atoms with Gasteiger partial charge < -0.3 is 11.1 Å². The second kappa shape index (κ2) is 5.15. The Balaban J connectivity index is 2.05. The highest BCUT2D eigenvalue weighted by Crippen LogP contribution is 2.29. The SMILES string of the molecule is NCC1CCCC1Nc1ccc(F)c(Br)c1. The van der Waals surface area contributed by atoms with Crippen molar-refractivity contribution < 1.29 is 4.39 Å². The van der Waals surface area contributed by atoms with Gasteiger partial charge in [0.25, 0.3) is 0 Å². The minimum Gasteiger partial charge on any atom is -0.382 e. The fraction of sp³-hybridized carbons (Fsp3) is 0.500. The van der Waals surface area contributed by atoms with Crippen molar-refractivity contribution >= 4 is 21.6 Å². The lowest BCUT2D eigenvalue weighted by Crippen LogP contribution is -2.29. The predicted molar refractivity (Wildman–Crippen MR) is 67.9 cm³/mol. The summed E-state index contributed by atoms with van der Waals surface area (Å²) in [4.78, 5) is 0. The topological polar surface area (TPSA) is 38.0 Å². The number of anilines is 1. The van der Waals surface area contributed by atoms with Gasteiger partial charge in [-0.3, -0.25) is 0 Å². The summed E-state index contributed by atoms with van der Waals surface area (Å²) < 4.78 is 13.6. The maximum Gasteiger partial charge on any atom is 0.137 e. The summed E-state index contributed by atoms with van der Waals surface area (Å²) in [6, 6.07) is 5.45. The Labute approximate surface area is 104 Å². The van der Waals surface area contributed by atoms with Crippen molar-refractivity contribution in [3.05, 3.63) is 28.5 Å². The van der Waals surface area contributed by atoms with Gasteiger partial charge in [0.15, 0.2) is 0 Å². The van der Waals surface area contributed by atoms with Gasteiger partial charge in [-0.05, 0) is 59.4 Å². The first-order chi connectivity index (χ1) is 7.70. The smallest absolute Gasteiger partial charge is 0.137 e. The van der Waals surface area contributed by atoms with Gasteiger partial charge in [-0.2, -0.15) is 0 Å². The molecule has 0 bridgehead atoms. The molecular formula is C12H16BrFN2. The standard InChI is InChI=1S/C12H16BrFN2/c13-10-6-9(4-5-11(10)14)16-12-3-1-2-8(12)7-15/h4-6,8,12,16H,1-3,7,15H2. The van der Waals surface area contributed by atoms with E-state index < -0.39 is 0 Å². The Morgan fingerprint density at radius 2 is 2.25 bits per heavy atom. The number of halogens is 2. The van der Waals surface area contributed by atoms with E-state index in [1.165, 1.54) is 18.9 Å². The third-order valence-electron chi connectivity index (χ3n) is 3.23. The molecule has 4 heteroatoms. The summed E-state index contributed by atoms with van der Waals surface area (Å²) in [6.07, 6.45) is 3.56. The maximum absolute atomic E-state index is 13.1. The van der Waals surface area contributed by atoms with Crippen LogP contribution in [0.3, 0.4) is 0 Å². The second-order valence-corrected chi connectivity index (χ2v) is 5.16. The maximum atomic E-state index is 13.1. The highest BCUT2D eigenvalue weighted by Gasteiger charge is 2.25. The zero-order valence-corrected chi connectivity index (χ0v) is 10.6. The van der Waals surface area contributed by atoms with Gasteiger partial charge in [-0.1, -0.05) is 6.42 Å². The molecule has 1 aromatic carbocycles. The van der Waals surface area contributed by atoms with Gasteiger partial charge in [0, 0.05) is 11.7 Å². The fourth-order valence-electron chi connectivity index (χ4n) is 2.31. The molecule has 3 N–H and O–H groups in total. The normalized spacial score (nSPS) is 24.7. The first kappa shape index (κ1) is 11.9. The van der Waals surface area contributed by atoms with Crippen molar-refractivity contribution in [2.24, 2.45) is 11.7 Å². The number of rotatable bonds is 3. The van der Waals surface area contributed by atoms with Crippen LogP contribution in [0.15, 0.2) is 22.7 Å². The van der Waals surface area contributed by atoms with E-state index in [4.69, 9.17) is 5.73 Å². The molecule has 1 fully saturated rings. The summed E-state index contributed by atoms with van der Waals surface area (Å²) in [5.41, 5.74) is 6.68. The number of hydrogen-bond acceptors (Lipinski definition) is 2. The Morgan fingerprint density at radius 1 is 1.44 bits per heavy atom. The Hall–Kier alpha value is -0.610. The van der Waals surface area contributed by atoms with Crippen molar-refractivity contribution in [3.8, 4) is 0 Å². The van der Waals surface area contributed by atoms with E-state index in [0.717, 1.165) is 18.7 Å². The molecule has 2 rings (SSSR count). The zero-order chi connectivity index (χ0) is 11.5. The van der Waals surface area contributed by atoms with Crippen LogP contribution in [0.1, 0.15) is 19.3 Å². The Kier molecular flexibility index (Phi) is 3.82. The first-order valence-corrected chi connectivity index (χ1v) is 6.41. The van der Waals surface area contributed by atoms with E-state index in [1.807, 2.05) is 0 Å². The molecule has 1 aliphatic carbocycles. The highest BCUT2D eigenvalue weighted by molar-refractivity contribution is 9.10. The van der Waals surface area contributed by atoms with Gasteiger partial charge in [0.1, 0.15) is 5.82 Å². The molecule has 0 heterocycles. The molecule has 0 aliphatic heterocycles.